The molecule has 5 nitrogen and oxygen atoms in total. The van der Waals surface area contributed by atoms with Crippen molar-refractivity contribution in [1.82, 2.24) is 4.57 Å². The number of esters is 2. The molecule has 1 aromatic carbocycles. The Morgan fingerprint density at radius 1 is 1.11 bits per heavy atom. The van der Waals surface area contributed by atoms with Gasteiger partial charge < -0.3 is 14.0 Å². The molecule has 0 saturated carbocycles. The fraction of sp³-hybridized carbons (Fsp3) is 0.478. The van der Waals surface area contributed by atoms with Crippen LogP contribution in [-0.2, 0) is 31.7 Å². The first kappa shape index (κ1) is 26.6. The molecule has 0 bridgehead atoms. The molecule has 1 aliphatic rings. The lowest BCUT2D eigenvalue weighted by Crippen LogP contribution is -2.65. The highest BCUT2D eigenvalue weighted by molar-refractivity contribution is 6.02. The minimum Gasteiger partial charge on any atom is -0.465 e. The van der Waals surface area contributed by atoms with Crippen LogP contribution in [0.4, 0.5) is 30.7 Å². The third kappa shape index (κ3) is 3.43. The summed E-state index contributed by atoms with van der Waals surface area (Å²) in [5.41, 5.74) is -5.80. The van der Waals surface area contributed by atoms with Crippen LogP contribution >= 0.6 is 0 Å². The zero-order valence-corrected chi connectivity index (χ0v) is 19.3. The lowest BCUT2D eigenvalue weighted by Gasteiger charge is -2.42. The van der Waals surface area contributed by atoms with Crippen molar-refractivity contribution in [2.24, 2.45) is 13.0 Å². The summed E-state index contributed by atoms with van der Waals surface area (Å²) in [5.74, 6) is -18.7. The SMILES string of the molecule is CCOC(=O)[C@H]1C(=C(C)C)C(=O)O[C@]1(c1c(C)n(C)c2ccccc12)C(F)(F)C(F)(F)C(F)(F)F. The van der Waals surface area contributed by atoms with Gasteiger partial charge in [0.1, 0.15) is 5.92 Å². The van der Waals surface area contributed by atoms with Crippen LogP contribution < -0.4 is 0 Å². The van der Waals surface area contributed by atoms with Gasteiger partial charge in [0, 0.05) is 29.2 Å². The average Bonchev–Trinajstić information content (AvgIpc) is 3.19. The number of cyclic esters (lactones) is 1. The van der Waals surface area contributed by atoms with Crippen molar-refractivity contribution < 1.29 is 49.8 Å². The fourth-order valence-corrected chi connectivity index (χ4v) is 4.58. The van der Waals surface area contributed by atoms with Crippen LogP contribution in [0.2, 0.25) is 0 Å². The first-order valence-electron chi connectivity index (χ1n) is 10.4. The number of hydrogen-bond acceptors (Lipinski definition) is 4. The van der Waals surface area contributed by atoms with Gasteiger partial charge in [-0.15, -0.1) is 0 Å². The Bertz CT molecular complexity index is 1220. The summed E-state index contributed by atoms with van der Waals surface area (Å²) < 4.78 is 112. The van der Waals surface area contributed by atoms with Crippen LogP contribution in [-0.4, -0.2) is 41.1 Å². The van der Waals surface area contributed by atoms with Gasteiger partial charge in [-0.3, -0.25) is 4.79 Å². The molecule has 0 radical (unpaired) electrons. The summed E-state index contributed by atoms with van der Waals surface area (Å²) in [7, 11) is 1.37. The fourth-order valence-electron chi connectivity index (χ4n) is 4.58. The second-order valence-electron chi connectivity index (χ2n) is 8.41. The number of nitrogens with zero attached hydrogens (tertiary/aromatic N) is 1. The highest BCUT2D eigenvalue weighted by atomic mass is 19.4. The van der Waals surface area contributed by atoms with Gasteiger partial charge in [0.2, 0.25) is 5.60 Å². The third-order valence-corrected chi connectivity index (χ3v) is 6.22. The number of fused-ring (bicyclic) bond motifs is 1. The van der Waals surface area contributed by atoms with Crippen LogP contribution in [0, 0.1) is 12.8 Å². The maximum absolute atomic E-state index is 15.9. The molecule has 0 unspecified atom stereocenters. The zero-order chi connectivity index (χ0) is 26.7. The molecule has 1 saturated heterocycles. The summed E-state index contributed by atoms with van der Waals surface area (Å²) in [6.45, 7) is 4.48. The Hall–Kier alpha value is -3.05. The molecule has 35 heavy (non-hydrogen) atoms. The number of benzene rings is 1. The summed E-state index contributed by atoms with van der Waals surface area (Å²) in [4.78, 5) is 25.9. The van der Waals surface area contributed by atoms with Crippen molar-refractivity contribution >= 4 is 22.8 Å². The first-order chi connectivity index (χ1) is 16.0. The summed E-state index contributed by atoms with van der Waals surface area (Å²) in [6, 6.07) is 5.46. The minimum atomic E-state index is -6.75. The van der Waals surface area contributed by atoms with E-state index in [-0.39, 0.29) is 22.2 Å². The molecule has 0 spiro atoms. The van der Waals surface area contributed by atoms with E-state index in [9.17, 15) is 31.5 Å². The Morgan fingerprint density at radius 2 is 1.69 bits per heavy atom. The number of hydrogen-bond donors (Lipinski definition) is 0. The van der Waals surface area contributed by atoms with Crippen molar-refractivity contribution in [3.63, 3.8) is 0 Å². The third-order valence-electron chi connectivity index (χ3n) is 6.22. The average molecular weight is 509 g/mol. The molecule has 2 heterocycles. The number of para-hydroxylation sites is 1. The number of alkyl halides is 7. The lowest BCUT2D eigenvalue weighted by atomic mass is 9.71. The molecule has 1 aliphatic heterocycles. The quantitative estimate of drug-likeness (QED) is 0.300. The topological polar surface area (TPSA) is 57.5 Å². The first-order valence-corrected chi connectivity index (χ1v) is 10.4. The predicted octanol–water partition coefficient (Wildman–Crippen LogP) is 5.59. The molecule has 3 rings (SSSR count). The van der Waals surface area contributed by atoms with E-state index in [1.54, 1.807) is 0 Å². The number of aromatic nitrogens is 1. The van der Waals surface area contributed by atoms with E-state index in [0.717, 1.165) is 0 Å². The number of carbonyl (C=O) groups excluding carboxylic acids is 2. The smallest absolute Gasteiger partial charge is 0.460 e. The Kier molecular flexibility index (Phi) is 6.27. The van der Waals surface area contributed by atoms with Gasteiger partial charge in [-0.1, -0.05) is 23.8 Å². The second-order valence-corrected chi connectivity index (χ2v) is 8.41. The Morgan fingerprint density at radius 3 is 2.20 bits per heavy atom. The normalized spacial score (nSPS) is 21.4. The van der Waals surface area contributed by atoms with Crippen LogP contribution in [0.25, 0.3) is 10.9 Å². The highest BCUT2D eigenvalue weighted by Gasteiger charge is 2.86. The van der Waals surface area contributed by atoms with E-state index in [1.165, 1.54) is 63.6 Å². The molecular weight excluding hydrogens is 487 g/mol. The zero-order valence-electron chi connectivity index (χ0n) is 19.3. The van der Waals surface area contributed by atoms with Crippen LogP contribution in [0.5, 0.6) is 0 Å². The van der Waals surface area contributed by atoms with Gasteiger partial charge in [0.25, 0.3) is 0 Å². The maximum Gasteiger partial charge on any atom is 0.460 e. The number of rotatable bonds is 5. The van der Waals surface area contributed by atoms with E-state index < -0.39 is 59.2 Å². The Balaban J connectivity index is 2.61. The van der Waals surface area contributed by atoms with Gasteiger partial charge in [-0.25, -0.2) is 4.79 Å². The van der Waals surface area contributed by atoms with Gasteiger partial charge in [0.05, 0.1) is 12.2 Å². The van der Waals surface area contributed by atoms with E-state index in [2.05, 4.69) is 0 Å². The van der Waals surface area contributed by atoms with Gasteiger partial charge >= 0.3 is 30.0 Å². The minimum absolute atomic E-state index is 0.0843. The van der Waals surface area contributed by atoms with Crippen molar-refractivity contribution in [2.45, 2.75) is 51.3 Å². The number of allylic oxidation sites excluding steroid dienone is 1. The molecule has 2 aromatic rings. The van der Waals surface area contributed by atoms with E-state index in [1.807, 2.05) is 0 Å². The standard InChI is InChI=1S/C23H22F7NO4/c1-6-34-19(33)17-15(11(2)3)18(32)35-20(17,21(24,25)22(26,27)23(28,29)30)16-12(4)31(5)14-10-8-7-9-13(14)16/h7-10,17H,6H2,1-5H3/t17-,20+/m1/s1. The van der Waals surface area contributed by atoms with E-state index in [4.69, 9.17) is 9.47 Å². The predicted molar refractivity (Wildman–Crippen MR) is 110 cm³/mol. The summed E-state index contributed by atoms with van der Waals surface area (Å²) in [6.07, 6.45) is -6.75. The molecule has 0 aliphatic carbocycles. The molecule has 1 fully saturated rings. The molecule has 0 amide bonds. The highest BCUT2D eigenvalue weighted by Crippen LogP contribution is 2.63. The van der Waals surface area contributed by atoms with Crippen molar-refractivity contribution in [3.05, 3.63) is 46.7 Å². The number of ether oxygens (including phenoxy) is 2. The monoisotopic (exact) mass is 509 g/mol. The molecule has 192 valence electrons. The number of aryl methyl sites for hydroxylation is 1. The molecule has 2 atom stereocenters. The van der Waals surface area contributed by atoms with Crippen molar-refractivity contribution in [3.8, 4) is 0 Å². The summed E-state index contributed by atoms with van der Waals surface area (Å²) >= 11 is 0. The van der Waals surface area contributed by atoms with Gasteiger partial charge in [-0.2, -0.15) is 30.7 Å². The van der Waals surface area contributed by atoms with Gasteiger partial charge in [0.15, 0.2) is 0 Å². The van der Waals surface area contributed by atoms with Crippen molar-refractivity contribution in [1.29, 1.82) is 0 Å². The molecule has 12 heteroatoms. The number of halogens is 7. The van der Waals surface area contributed by atoms with Crippen LogP contribution in [0.1, 0.15) is 32.0 Å². The largest absolute Gasteiger partial charge is 0.465 e. The van der Waals surface area contributed by atoms with Gasteiger partial charge in [-0.05, 0) is 33.8 Å². The molecule has 0 N–H and O–H groups in total. The van der Waals surface area contributed by atoms with Crippen molar-refractivity contribution in [2.75, 3.05) is 6.61 Å². The summed E-state index contributed by atoms with van der Waals surface area (Å²) in [5, 5.41) is -0.192. The number of carbonyl (C=O) groups is 2. The van der Waals surface area contributed by atoms with E-state index >= 15 is 8.78 Å². The molecule has 1 aromatic heterocycles. The molecular formula is C23H22F7NO4. The van der Waals surface area contributed by atoms with Crippen LogP contribution in [0.15, 0.2) is 35.4 Å². The maximum atomic E-state index is 15.9. The Labute approximate surface area is 195 Å². The van der Waals surface area contributed by atoms with Crippen LogP contribution in [0.3, 0.4) is 0 Å². The van der Waals surface area contributed by atoms with E-state index in [0.29, 0.717) is 0 Å². The lowest BCUT2D eigenvalue weighted by molar-refractivity contribution is -0.391. The second kappa shape index (κ2) is 8.27.